The Morgan fingerprint density at radius 3 is 1.90 bits per heavy atom. The molecule has 4 aromatic rings. The maximum absolute atomic E-state index is 13.5. The van der Waals surface area contributed by atoms with Crippen LogP contribution < -0.4 is 19.9 Å². The highest BCUT2D eigenvalue weighted by Gasteiger charge is 2.43. The third-order valence-electron chi connectivity index (χ3n) is 6.03. The Hall–Kier alpha value is -5.09. The number of amides is 5. The molecule has 4 aromatic carbocycles. The number of ether oxygens (including phenoxy) is 1. The van der Waals surface area contributed by atoms with Crippen molar-refractivity contribution in [1.82, 2.24) is 0 Å². The van der Waals surface area contributed by atoms with Crippen molar-refractivity contribution in [3.05, 3.63) is 125 Å². The molecule has 5 rings (SSSR count). The normalized spacial score (nSPS) is 13.3. The number of hydrogen-bond acceptors (Lipinski definition) is 5. The Morgan fingerprint density at radius 2 is 1.37 bits per heavy atom. The molecule has 1 aliphatic rings. The van der Waals surface area contributed by atoms with Crippen LogP contribution in [0.15, 0.2) is 113 Å². The number of carbonyl (C=O) groups excluding carboxylic acids is 4. The van der Waals surface area contributed by atoms with Crippen molar-refractivity contribution < 1.29 is 28.3 Å². The van der Waals surface area contributed by atoms with Gasteiger partial charge < -0.3 is 10.1 Å². The monoisotopic (exact) mass is 613 g/mol. The summed E-state index contributed by atoms with van der Waals surface area (Å²) >= 11 is 3.40. The fourth-order valence-corrected chi connectivity index (χ4v) is 4.61. The lowest BCUT2D eigenvalue weighted by Gasteiger charge is -2.33. The molecule has 41 heavy (non-hydrogen) atoms. The van der Waals surface area contributed by atoms with Crippen LogP contribution in [0.5, 0.6) is 5.75 Å². The SMILES string of the molecule is O=C(COc1ccc(C=C2C(=O)N(c3ccccc3)C(=O)N(c3ccccc3)C2=O)cc1Br)Nc1ccc(F)cc1. The van der Waals surface area contributed by atoms with Gasteiger partial charge in [0.05, 0.1) is 15.8 Å². The van der Waals surface area contributed by atoms with E-state index in [1.165, 1.54) is 30.3 Å². The van der Waals surface area contributed by atoms with Crippen molar-refractivity contribution in [1.29, 1.82) is 0 Å². The Balaban J connectivity index is 1.39. The molecule has 204 valence electrons. The van der Waals surface area contributed by atoms with Crippen LogP contribution >= 0.6 is 15.9 Å². The number of nitrogens with zero attached hydrogens (tertiary/aromatic N) is 2. The number of para-hydroxylation sites is 2. The third-order valence-corrected chi connectivity index (χ3v) is 6.65. The summed E-state index contributed by atoms with van der Waals surface area (Å²) in [5, 5.41) is 2.61. The van der Waals surface area contributed by atoms with Crippen LogP contribution in [0.4, 0.5) is 26.2 Å². The molecule has 5 amide bonds. The molecule has 0 radical (unpaired) electrons. The molecule has 10 heteroatoms. The van der Waals surface area contributed by atoms with Gasteiger partial charge >= 0.3 is 6.03 Å². The Morgan fingerprint density at radius 1 is 0.805 bits per heavy atom. The average Bonchev–Trinajstić information content (AvgIpc) is 2.97. The van der Waals surface area contributed by atoms with E-state index in [1.54, 1.807) is 78.9 Å². The number of rotatable bonds is 7. The molecule has 0 atom stereocenters. The molecule has 1 fully saturated rings. The molecule has 1 aliphatic heterocycles. The van der Waals surface area contributed by atoms with Gasteiger partial charge in [-0.2, -0.15) is 0 Å². The molecular weight excluding hydrogens is 593 g/mol. The van der Waals surface area contributed by atoms with Crippen molar-refractivity contribution in [2.24, 2.45) is 0 Å². The molecule has 1 heterocycles. The first-order chi connectivity index (χ1) is 19.8. The first kappa shape index (κ1) is 27.5. The second kappa shape index (κ2) is 12.0. The van der Waals surface area contributed by atoms with Crippen LogP contribution in [-0.2, 0) is 14.4 Å². The number of imide groups is 2. The van der Waals surface area contributed by atoms with Gasteiger partial charge in [-0.15, -0.1) is 0 Å². The number of nitrogens with one attached hydrogen (secondary N) is 1. The molecule has 1 N–H and O–H groups in total. The first-order valence-electron chi connectivity index (χ1n) is 12.3. The number of carbonyl (C=O) groups is 4. The number of anilines is 3. The van der Waals surface area contributed by atoms with Crippen molar-refractivity contribution in [3.63, 3.8) is 0 Å². The second-order valence-corrected chi connectivity index (χ2v) is 9.68. The van der Waals surface area contributed by atoms with E-state index in [-0.39, 0.29) is 12.2 Å². The summed E-state index contributed by atoms with van der Waals surface area (Å²) in [7, 11) is 0. The van der Waals surface area contributed by atoms with Gasteiger partial charge in [0.25, 0.3) is 17.7 Å². The third kappa shape index (κ3) is 6.07. The van der Waals surface area contributed by atoms with Crippen molar-refractivity contribution in [2.75, 3.05) is 21.7 Å². The fourth-order valence-electron chi connectivity index (χ4n) is 4.10. The number of urea groups is 1. The van der Waals surface area contributed by atoms with Crippen LogP contribution in [0.3, 0.4) is 0 Å². The summed E-state index contributed by atoms with van der Waals surface area (Å²) in [6.45, 7) is -0.312. The van der Waals surface area contributed by atoms with Crippen LogP contribution in [-0.4, -0.2) is 30.4 Å². The number of benzene rings is 4. The highest BCUT2D eigenvalue weighted by molar-refractivity contribution is 9.10. The van der Waals surface area contributed by atoms with Gasteiger partial charge in [-0.05, 0) is 88.2 Å². The minimum absolute atomic E-state index is 0.212. The van der Waals surface area contributed by atoms with E-state index < -0.39 is 29.6 Å². The maximum Gasteiger partial charge on any atom is 0.343 e. The number of halogens is 2. The Labute approximate surface area is 242 Å². The van der Waals surface area contributed by atoms with E-state index in [4.69, 9.17) is 4.74 Å². The standard InChI is InChI=1S/C31H21BrFN3O5/c32-26-18-20(11-16-27(26)41-19-28(37)34-22-14-12-21(33)13-15-22)17-25-29(38)35(23-7-3-1-4-8-23)31(40)36(30(25)39)24-9-5-2-6-10-24/h1-18H,19H2,(H,34,37). The summed E-state index contributed by atoms with van der Waals surface area (Å²) in [4.78, 5) is 54.6. The van der Waals surface area contributed by atoms with Crippen LogP contribution in [0, 0.1) is 5.82 Å². The minimum Gasteiger partial charge on any atom is -0.483 e. The predicted molar refractivity (Wildman–Crippen MR) is 156 cm³/mol. The van der Waals surface area contributed by atoms with Gasteiger partial charge in [-0.25, -0.2) is 19.0 Å². The van der Waals surface area contributed by atoms with Crippen molar-refractivity contribution in [2.45, 2.75) is 0 Å². The molecule has 0 spiro atoms. The largest absolute Gasteiger partial charge is 0.483 e. The molecule has 0 bridgehead atoms. The molecule has 0 saturated carbocycles. The van der Waals surface area contributed by atoms with Gasteiger partial charge in [0, 0.05) is 5.69 Å². The van der Waals surface area contributed by atoms with Crippen molar-refractivity contribution >= 4 is 62.8 Å². The van der Waals surface area contributed by atoms with Gasteiger partial charge in [-0.3, -0.25) is 14.4 Å². The quantitative estimate of drug-likeness (QED) is 0.198. The molecular formula is C31H21BrFN3O5. The summed E-state index contributed by atoms with van der Waals surface area (Å²) in [6, 6.07) is 26.1. The van der Waals surface area contributed by atoms with E-state index >= 15 is 0 Å². The lowest BCUT2D eigenvalue weighted by molar-refractivity contribution is -0.121. The maximum atomic E-state index is 13.5. The lowest BCUT2D eigenvalue weighted by Crippen LogP contribution is -2.57. The highest BCUT2D eigenvalue weighted by atomic mass is 79.9. The molecule has 0 aromatic heterocycles. The Bertz CT molecular complexity index is 1600. The van der Waals surface area contributed by atoms with Gasteiger partial charge in [0.1, 0.15) is 17.1 Å². The van der Waals surface area contributed by atoms with Crippen molar-refractivity contribution in [3.8, 4) is 5.75 Å². The Kier molecular flexibility index (Phi) is 8.02. The average molecular weight is 614 g/mol. The van der Waals surface area contributed by atoms with E-state index in [2.05, 4.69) is 21.2 Å². The van der Waals surface area contributed by atoms with Gasteiger partial charge in [-0.1, -0.05) is 42.5 Å². The second-order valence-electron chi connectivity index (χ2n) is 8.83. The summed E-state index contributed by atoms with van der Waals surface area (Å²) < 4.78 is 19.1. The molecule has 0 unspecified atom stereocenters. The van der Waals surface area contributed by atoms with Crippen LogP contribution in [0.25, 0.3) is 6.08 Å². The topological polar surface area (TPSA) is 96.0 Å². The van der Waals surface area contributed by atoms with E-state index in [1.807, 2.05) is 0 Å². The molecule has 1 saturated heterocycles. The zero-order valence-electron chi connectivity index (χ0n) is 21.3. The highest BCUT2D eigenvalue weighted by Crippen LogP contribution is 2.31. The fraction of sp³-hybridized carbons (Fsp3) is 0.0323. The number of hydrogen-bond donors (Lipinski definition) is 1. The van der Waals surface area contributed by atoms with E-state index in [0.717, 1.165) is 9.80 Å². The zero-order chi connectivity index (χ0) is 28.9. The molecule has 8 nitrogen and oxygen atoms in total. The van der Waals surface area contributed by atoms with E-state index in [9.17, 15) is 23.6 Å². The lowest BCUT2D eigenvalue weighted by atomic mass is 10.0. The predicted octanol–water partition coefficient (Wildman–Crippen LogP) is 6.19. The number of barbiturate groups is 1. The van der Waals surface area contributed by atoms with Crippen LogP contribution in [0.1, 0.15) is 5.56 Å². The van der Waals surface area contributed by atoms with Crippen LogP contribution in [0.2, 0.25) is 0 Å². The summed E-state index contributed by atoms with van der Waals surface area (Å²) in [5.74, 6) is -2.03. The molecule has 0 aliphatic carbocycles. The minimum atomic E-state index is -0.779. The summed E-state index contributed by atoms with van der Waals surface area (Å²) in [5.41, 5.74) is 1.34. The zero-order valence-corrected chi connectivity index (χ0v) is 22.9. The first-order valence-corrected chi connectivity index (χ1v) is 13.1. The van der Waals surface area contributed by atoms with Gasteiger partial charge in [0.15, 0.2) is 6.61 Å². The van der Waals surface area contributed by atoms with E-state index in [0.29, 0.717) is 32.8 Å². The van der Waals surface area contributed by atoms with Gasteiger partial charge in [0.2, 0.25) is 0 Å². The summed E-state index contributed by atoms with van der Waals surface area (Å²) in [6.07, 6.45) is 1.40. The smallest absolute Gasteiger partial charge is 0.343 e.